The second-order valence-corrected chi connectivity index (χ2v) is 3.28. The number of hydrogen-bond donors (Lipinski definition) is 0. The highest BCUT2D eigenvalue weighted by atomic mass is 35.5. The molecule has 0 unspecified atom stereocenters. The molecule has 0 N–H and O–H groups in total. The van der Waals surface area contributed by atoms with Gasteiger partial charge in [0.05, 0.1) is 0 Å². The van der Waals surface area contributed by atoms with Gasteiger partial charge in [-0.3, -0.25) is 4.90 Å². The van der Waals surface area contributed by atoms with Gasteiger partial charge in [0.1, 0.15) is 12.1 Å². The molecule has 0 aliphatic heterocycles. The first-order valence-electron chi connectivity index (χ1n) is 2.79. The molecule has 0 spiro atoms. The summed E-state index contributed by atoms with van der Waals surface area (Å²) < 4.78 is 0. The Morgan fingerprint density at radius 2 is 1.64 bits per heavy atom. The van der Waals surface area contributed by atoms with Crippen molar-refractivity contribution in [2.45, 2.75) is 10.4 Å². The Hall–Kier alpha value is -0.480. The molecule has 60 valence electrons. The molecule has 0 aliphatic carbocycles. The van der Waals surface area contributed by atoms with Crippen molar-refractivity contribution in [3.8, 4) is 12.1 Å². The predicted molar refractivity (Wildman–Crippen MR) is 43.1 cm³/mol. The van der Waals surface area contributed by atoms with Gasteiger partial charge in [-0.05, 0) is 14.1 Å². The summed E-state index contributed by atoms with van der Waals surface area (Å²) >= 11 is 10.9. The van der Waals surface area contributed by atoms with Crippen LogP contribution in [0.1, 0.15) is 0 Å². The maximum atomic E-state index is 8.63. The summed E-state index contributed by atoms with van der Waals surface area (Å²) in [5, 5.41) is 17.3. The van der Waals surface area contributed by atoms with Crippen molar-refractivity contribution in [1.82, 2.24) is 4.90 Å². The van der Waals surface area contributed by atoms with E-state index in [1.165, 1.54) is 4.90 Å². The van der Waals surface area contributed by atoms with E-state index in [1.807, 2.05) is 0 Å². The van der Waals surface area contributed by atoms with Gasteiger partial charge in [-0.1, -0.05) is 0 Å². The van der Waals surface area contributed by atoms with Crippen LogP contribution in [-0.4, -0.2) is 29.4 Å². The number of hydrogen-bond acceptors (Lipinski definition) is 3. The van der Waals surface area contributed by atoms with Gasteiger partial charge < -0.3 is 0 Å². The van der Waals surface area contributed by atoms with Gasteiger partial charge in [0.25, 0.3) is 0 Å². The van der Waals surface area contributed by atoms with Crippen molar-refractivity contribution >= 4 is 23.2 Å². The second-order valence-electron chi connectivity index (χ2n) is 2.19. The van der Waals surface area contributed by atoms with Crippen molar-refractivity contribution < 1.29 is 0 Å². The zero-order valence-corrected chi connectivity index (χ0v) is 7.69. The fraction of sp³-hybridized carbons (Fsp3) is 0.667. The van der Waals surface area contributed by atoms with Crippen LogP contribution < -0.4 is 0 Å². The molecule has 0 aromatic rings. The summed E-state index contributed by atoms with van der Waals surface area (Å²) in [6, 6.07) is 3.53. The van der Waals surface area contributed by atoms with Crippen molar-refractivity contribution in [2.75, 3.05) is 14.1 Å². The molecule has 0 aromatic heterocycles. The fourth-order valence-corrected chi connectivity index (χ4v) is 1.10. The Bertz CT molecular complexity index is 187. The zero-order valence-electron chi connectivity index (χ0n) is 6.17. The third-order valence-electron chi connectivity index (χ3n) is 1.36. The second kappa shape index (κ2) is 3.78. The minimum absolute atomic E-state index is 1.03. The smallest absolute Gasteiger partial charge is 0.226 e. The molecule has 0 saturated heterocycles. The molecule has 0 bridgehead atoms. The van der Waals surface area contributed by atoms with Crippen LogP contribution >= 0.6 is 23.2 Å². The minimum Gasteiger partial charge on any atom is -0.278 e. The minimum atomic E-state index is -1.44. The van der Waals surface area contributed by atoms with Crippen LogP contribution in [0.4, 0.5) is 0 Å². The van der Waals surface area contributed by atoms with Crippen LogP contribution in [0.3, 0.4) is 0 Å². The van der Waals surface area contributed by atoms with E-state index in [0.29, 0.717) is 0 Å². The summed E-state index contributed by atoms with van der Waals surface area (Å²) in [7, 11) is 3.15. The van der Waals surface area contributed by atoms with Crippen LogP contribution in [0.5, 0.6) is 0 Å². The first kappa shape index (κ1) is 10.5. The first-order chi connectivity index (χ1) is 5.01. The summed E-state index contributed by atoms with van der Waals surface area (Å²) in [4.78, 5) is 0.352. The maximum absolute atomic E-state index is 8.63. The quantitative estimate of drug-likeness (QED) is 0.616. The normalized spacial score (nSPS) is 11.3. The topological polar surface area (TPSA) is 50.8 Å². The summed E-state index contributed by atoms with van der Waals surface area (Å²) in [5.41, 5.74) is -1.44. The lowest BCUT2D eigenvalue weighted by molar-refractivity contribution is 0.294. The molecular weight excluding hydrogens is 185 g/mol. The van der Waals surface area contributed by atoms with E-state index in [9.17, 15) is 0 Å². The molecule has 0 aliphatic rings. The van der Waals surface area contributed by atoms with Crippen molar-refractivity contribution in [2.24, 2.45) is 0 Å². The summed E-state index contributed by atoms with van der Waals surface area (Å²) in [5.74, 6) is 0. The Labute approximate surface area is 75.7 Å². The largest absolute Gasteiger partial charge is 0.278 e. The standard InChI is InChI=1S/C6H7Cl2N3/c1-11(2)6(3-9,4-10)5(7)8/h5H,1-2H3. The summed E-state index contributed by atoms with van der Waals surface area (Å²) in [6.07, 6.45) is 0. The van der Waals surface area contributed by atoms with Crippen molar-refractivity contribution in [3.63, 3.8) is 0 Å². The molecule has 0 rings (SSSR count). The molecule has 5 heteroatoms. The average Bonchev–Trinajstić information content (AvgIpc) is 1.90. The predicted octanol–water partition coefficient (Wildman–Crippen LogP) is 1.14. The van der Waals surface area contributed by atoms with Gasteiger partial charge in [-0.2, -0.15) is 10.5 Å². The number of rotatable bonds is 2. The number of nitriles is 2. The van der Waals surface area contributed by atoms with E-state index < -0.39 is 10.4 Å². The van der Waals surface area contributed by atoms with E-state index in [-0.39, 0.29) is 0 Å². The Morgan fingerprint density at radius 3 is 1.64 bits per heavy atom. The SMILES string of the molecule is CN(C)C(C#N)(C#N)C(Cl)Cl. The molecule has 0 atom stereocenters. The highest BCUT2D eigenvalue weighted by molar-refractivity contribution is 6.45. The summed E-state index contributed by atoms with van der Waals surface area (Å²) in [6.45, 7) is 0. The number of nitrogens with zero attached hydrogens (tertiary/aromatic N) is 3. The van der Waals surface area contributed by atoms with Crippen LogP contribution in [0.25, 0.3) is 0 Å². The zero-order chi connectivity index (χ0) is 9.07. The van der Waals surface area contributed by atoms with Gasteiger partial charge in [0.15, 0.2) is 4.84 Å². The molecule has 0 saturated carbocycles. The molecule has 0 fully saturated rings. The molecule has 0 aromatic carbocycles. The van der Waals surface area contributed by atoms with Gasteiger partial charge in [0.2, 0.25) is 5.54 Å². The number of alkyl halides is 2. The fourth-order valence-electron chi connectivity index (χ4n) is 0.518. The molecule has 0 amide bonds. The van der Waals surface area contributed by atoms with Gasteiger partial charge in [-0.25, -0.2) is 0 Å². The van der Waals surface area contributed by atoms with Crippen LogP contribution in [0.15, 0.2) is 0 Å². The third kappa shape index (κ3) is 1.75. The van der Waals surface area contributed by atoms with Gasteiger partial charge in [-0.15, -0.1) is 23.2 Å². The highest BCUT2D eigenvalue weighted by Gasteiger charge is 2.40. The maximum Gasteiger partial charge on any atom is 0.226 e. The van der Waals surface area contributed by atoms with Gasteiger partial charge in [0, 0.05) is 0 Å². The molecule has 0 heterocycles. The van der Waals surface area contributed by atoms with Crippen LogP contribution in [0, 0.1) is 22.7 Å². The Morgan fingerprint density at radius 1 is 1.27 bits per heavy atom. The lowest BCUT2D eigenvalue weighted by Gasteiger charge is -2.26. The van der Waals surface area contributed by atoms with Gasteiger partial charge >= 0.3 is 0 Å². The number of halogens is 2. The van der Waals surface area contributed by atoms with E-state index in [1.54, 1.807) is 26.2 Å². The van der Waals surface area contributed by atoms with Crippen LogP contribution in [-0.2, 0) is 0 Å². The highest BCUT2D eigenvalue weighted by Crippen LogP contribution is 2.23. The first-order valence-corrected chi connectivity index (χ1v) is 3.66. The van der Waals surface area contributed by atoms with Crippen molar-refractivity contribution in [1.29, 1.82) is 10.5 Å². The van der Waals surface area contributed by atoms with E-state index in [0.717, 1.165) is 0 Å². The van der Waals surface area contributed by atoms with E-state index in [2.05, 4.69) is 0 Å². The van der Waals surface area contributed by atoms with E-state index >= 15 is 0 Å². The molecule has 0 radical (unpaired) electrons. The third-order valence-corrected chi connectivity index (χ3v) is 1.99. The molecule has 3 nitrogen and oxygen atoms in total. The van der Waals surface area contributed by atoms with Crippen molar-refractivity contribution in [3.05, 3.63) is 0 Å². The Kier molecular flexibility index (Phi) is 3.62. The monoisotopic (exact) mass is 191 g/mol. The molecule has 11 heavy (non-hydrogen) atoms. The molecular formula is C6H7Cl2N3. The average molecular weight is 192 g/mol. The Balaban J connectivity index is 4.85. The van der Waals surface area contributed by atoms with E-state index in [4.69, 9.17) is 33.7 Å². The lowest BCUT2D eigenvalue weighted by atomic mass is 10.1. The lowest BCUT2D eigenvalue weighted by Crippen LogP contribution is -2.47. The van der Waals surface area contributed by atoms with Crippen LogP contribution in [0.2, 0.25) is 0 Å².